The van der Waals surface area contributed by atoms with Crippen molar-refractivity contribution in [1.29, 1.82) is 0 Å². The van der Waals surface area contributed by atoms with Gasteiger partial charge in [-0.05, 0) is 43.3 Å². The van der Waals surface area contributed by atoms with Gasteiger partial charge in [-0.15, -0.1) is 11.3 Å². The van der Waals surface area contributed by atoms with E-state index >= 15 is 0 Å². The summed E-state index contributed by atoms with van der Waals surface area (Å²) in [5.74, 6) is -0.617. The van der Waals surface area contributed by atoms with E-state index in [1.54, 1.807) is 0 Å². The summed E-state index contributed by atoms with van der Waals surface area (Å²) >= 11 is 7.40. The van der Waals surface area contributed by atoms with Gasteiger partial charge in [0.15, 0.2) is 0 Å². The molecule has 12 heteroatoms. The van der Waals surface area contributed by atoms with Gasteiger partial charge in [-0.2, -0.15) is 13.2 Å². The number of rotatable bonds is 6. The maximum absolute atomic E-state index is 12.9. The topological polar surface area (TPSA) is 88.2 Å². The number of aromatic nitrogens is 1. The van der Waals surface area contributed by atoms with Gasteiger partial charge in [0.2, 0.25) is 0 Å². The second kappa shape index (κ2) is 8.85. The monoisotopic (exact) mass is 489 g/mol. The number of hydrogen-bond donors (Lipinski definition) is 2. The SMILES string of the molecule is Cc1csc(CNC(=O)c2cc(S(=O)(=O)Nc3cccc(C(F)(F)F)c3)ccc2Cl)n1. The van der Waals surface area contributed by atoms with Crippen LogP contribution in [0, 0.1) is 6.92 Å². The molecule has 31 heavy (non-hydrogen) atoms. The van der Waals surface area contributed by atoms with E-state index in [0.29, 0.717) is 11.1 Å². The lowest BCUT2D eigenvalue weighted by atomic mass is 10.2. The summed E-state index contributed by atoms with van der Waals surface area (Å²) in [5.41, 5.74) is -0.556. The van der Waals surface area contributed by atoms with Crippen molar-refractivity contribution in [2.75, 3.05) is 4.72 Å². The molecule has 0 saturated heterocycles. The molecule has 3 rings (SSSR count). The van der Waals surface area contributed by atoms with Crippen molar-refractivity contribution < 1.29 is 26.4 Å². The molecule has 0 fully saturated rings. The quantitative estimate of drug-likeness (QED) is 0.518. The van der Waals surface area contributed by atoms with E-state index in [9.17, 15) is 26.4 Å². The fraction of sp³-hybridized carbons (Fsp3) is 0.158. The number of amides is 1. The minimum atomic E-state index is -4.62. The molecule has 3 aromatic rings. The zero-order chi connectivity index (χ0) is 22.8. The van der Waals surface area contributed by atoms with E-state index < -0.39 is 27.7 Å². The van der Waals surface area contributed by atoms with Crippen molar-refractivity contribution >= 4 is 44.6 Å². The summed E-state index contributed by atoms with van der Waals surface area (Å²) < 4.78 is 66.0. The van der Waals surface area contributed by atoms with Crippen LogP contribution in [0.5, 0.6) is 0 Å². The van der Waals surface area contributed by atoms with Gasteiger partial charge in [-0.3, -0.25) is 9.52 Å². The van der Waals surface area contributed by atoms with Crippen LogP contribution in [0.3, 0.4) is 0 Å². The van der Waals surface area contributed by atoms with Crippen molar-refractivity contribution in [3.63, 3.8) is 0 Å². The molecule has 2 N–H and O–H groups in total. The Labute approximate surface area is 185 Å². The van der Waals surface area contributed by atoms with Crippen LogP contribution in [0.2, 0.25) is 5.02 Å². The molecule has 0 saturated carbocycles. The maximum atomic E-state index is 12.9. The number of aryl methyl sites for hydroxylation is 1. The summed E-state index contributed by atoms with van der Waals surface area (Å²) in [5, 5.41) is 5.11. The molecule has 0 atom stereocenters. The molecular weight excluding hydrogens is 475 g/mol. The zero-order valence-electron chi connectivity index (χ0n) is 15.8. The van der Waals surface area contributed by atoms with Crippen molar-refractivity contribution in [2.45, 2.75) is 24.5 Å². The minimum absolute atomic E-state index is 0.0193. The summed E-state index contributed by atoms with van der Waals surface area (Å²) in [4.78, 5) is 16.4. The standard InChI is InChI=1S/C19H15ClF3N3O3S2/c1-11-10-30-17(25-11)9-24-18(27)15-8-14(5-6-16(15)20)31(28,29)26-13-4-2-3-12(7-13)19(21,22)23/h2-8,10,26H,9H2,1H3,(H,24,27). The second-order valence-corrected chi connectivity index (χ2v) is 9.42. The van der Waals surface area contributed by atoms with Crippen LogP contribution in [-0.2, 0) is 22.7 Å². The van der Waals surface area contributed by atoms with E-state index in [4.69, 9.17) is 11.6 Å². The number of anilines is 1. The number of carbonyl (C=O) groups excluding carboxylic acids is 1. The molecule has 2 aromatic carbocycles. The first-order valence-corrected chi connectivity index (χ1v) is 11.4. The van der Waals surface area contributed by atoms with Crippen molar-refractivity contribution in [3.8, 4) is 0 Å². The van der Waals surface area contributed by atoms with E-state index in [1.165, 1.54) is 23.5 Å². The number of sulfonamides is 1. The Hall–Kier alpha value is -2.63. The Morgan fingerprint density at radius 1 is 1.19 bits per heavy atom. The Kier molecular flexibility index (Phi) is 6.58. The van der Waals surface area contributed by atoms with Crippen molar-refractivity contribution in [1.82, 2.24) is 10.3 Å². The first-order chi connectivity index (χ1) is 14.5. The molecule has 6 nitrogen and oxygen atoms in total. The van der Waals surface area contributed by atoms with Crippen LogP contribution in [-0.4, -0.2) is 19.3 Å². The normalized spacial score (nSPS) is 11.9. The second-order valence-electron chi connectivity index (χ2n) is 6.39. The number of nitrogens with one attached hydrogen (secondary N) is 2. The predicted molar refractivity (Wildman–Crippen MR) is 112 cm³/mol. The number of alkyl halides is 3. The Morgan fingerprint density at radius 2 is 1.94 bits per heavy atom. The lowest BCUT2D eigenvalue weighted by Crippen LogP contribution is -2.23. The minimum Gasteiger partial charge on any atom is -0.345 e. The molecule has 0 aliphatic heterocycles. The van der Waals surface area contributed by atoms with Crippen molar-refractivity contribution in [2.24, 2.45) is 0 Å². The fourth-order valence-electron chi connectivity index (χ4n) is 2.55. The van der Waals surface area contributed by atoms with E-state index in [2.05, 4.69) is 15.0 Å². The van der Waals surface area contributed by atoms with Crippen LogP contribution in [0.15, 0.2) is 52.7 Å². The average molecular weight is 490 g/mol. The lowest BCUT2D eigenvalue weighted by Gasteiger charge is -2.12. The highest BCUT2D eigenvalue weighted by Gasteiger charge is 2.31. The number of carbonyl (C=O) groups is 1. The zero-order valence-corrected chi connectivity index (χ0v) is 18.2. The highest BCUT2D eigenvalue weighted by atomic mass is 35.5. The first kappa shape index (κ1) is 23.0. The van der Waals surface area contributed by atoms with Crippen LogP contribution in [0.1, 0.15) is 26.6 Å². The summed E-state index contributed by atoms with van der Waals surface area (Å²) in [6.07, 6.45) is -4.62. The van der Waals surface area contributed by atoms with E-state index in [-0.39, 0.29) is 27.7 Å². The first-order valence-electron chi connectivity index (χ1n) is 8.64. The highest BCUT2D eigenvalue weighted by molar-refractivity contribution is 7.92. The fourth-order valence-corrected chi connectivity index (χ4v) is 4.54. The van der Waals surface area contributed by atoms with Crippen LogP contribution < -0.4 is 10.0 Å². The van der Waals surface area contributed by atoms with Gasteiger partial charge in [0.25, 0.3) is 15.9 Å². The molecule has 0 unspecified atom stereocenters. The predicted octanol–water partition coefficient (Wildman–Crippen LogP) is 4.85. The van der Waals surface area contributed by atoms with Crippen LogP contribution in [0.4, 0.5) is 18.9 Å². The summed E-state index contributed by atoms with van der Waals surface area (Å²) in [7, 11) is -4.28. The molecule has 1 aromatic heterocycles. The molecule has 1 amide bonds. The van der Waals surface area contributed by atoms with Gasteiger partial charge in [0.1, 0.15) is 5.01 Å². The Morgan fingerprint density at radius 3 is 2.58 bits per heavy atom. The highest BCUT2D eigenvalue weighted by Crippen LogP contribution is 2.31. The Bertz CT molecular complexity index is 1230. The molecular formula is C19H15ClF3N3O3S2. The van der Waals surface area contributed by atoms with Gasteiger partial charge in [-0.1, -0.05) is 17.7 Å². The van der Waals surface area contributed by atoms with Crippen molar-refractivity contribution in [3.05, 3.63) is 74.7 Å². The van der Waals surface area contributed by atoms with Crippen LogP contribution >= 0.6 is 22.9 Å². The van der Waals surface area contributed by atoms with Gasteiger partial charge in [0.05, 0.1) is 27.6 Å². The van der Waals surface area contributed by atoms with Gasteiger partial charge < -0.3 is 5.32 Å². The summed E-state index contributed by atoms with van der Waals surface area (Å²) in [6.45, 7) is 1.94. The summed E-state index contributed by atoms with van der Waals surface area (Å²) in [6, 6.07) is 7.21. The van der Waals surface area contributed by atoms with E-state index in [1.807, 2.05) is 12.3 Å². The number of thiazole rings is 1. The molecule has 0 radical (unpaired) electrons. The van der Waals surface area contributed by atoms with Gasteiger partial charge in [0, 0.05) is 16.8 Å². The molecule has 0 bridgehead atoms. The maximum Gasteiger partial charge on any atom is 0.416 e. The number of nitrogens with zero attached hydrogens (tertiary/aromatic N) is 1. The molecule has 0 spiro atoms. The third-order valence-corrected chi connectivity index (χ3v) is 6.68. The number of halogens is 4. The lowest BCUT2D eigenvalue weighted by molar-refractivity contribution is -0.137. The smallest absolute Gasteiger partial charge is 0.345 e. The average Bonchev–Trinajstić information content (AvgIpc) is 3.10. The molecule has 0 aliphatic carbocycles. The van der Waals surface area contributed by atoms with E-state index in [0.717, 1.165) is 30.0 Å². The third-order valence-electron chi connectivity index (χ3n) is 4.00. The van der Waals surface area contributed by atoms with Crippen LogP contribution in [0.25, 0.3) is 0 Å². The molecule has 1 heterocycles. The largest absolute Gasteiger partial charge is 0.416 e. The number of hydrogen-bond acceptors (Lipinski definition) is 5. The molecule has 0 aliphatic rings. The van der Waals surface area contributed by atoms with Gasteiger partial charge in [-0.25, -0.2) is 13.4 Å². The molecule has 164 valence electrons. The van der Waals surface area contributed by atoms with Gasteiger partial charge >= 0.3 is 6.18 Å². The number of benzene rings is 2. The Balaban J connectivity index is 1.81. The third kappa shape index (κ3) is 5.75.